The van der Waals surface area contributed by atoms with Gasteiger partial charge in [-0.3, -0.25) is 14.4 Å². The minimum Gasteiger partial charge on any atom is -0.447 e. The zero-order valence-corrected chi connectivity index (χ0v) is 15.9. The van der Waals surface area contributed by atoms with E-state index in [1.54, 1.807) is 50.5 Å². The molecule has 0 saturated heterocycles. The fourth-order valence-electron chi connectivity index (χ4n) is 3.09. The summed E-state index contributed by atoms with van der Waals surface area (Å²) in [6.45, 7) is 4.10. The van der Waals surface area contributed by atoms with Crippen molar-refractivity contribution < 1.29 is 19.1 Å². The first kappa shape index (κ1) is 19.4. The Bertz CT molecular complexity index is 886. The van der Waals surface area contributed by atoms with Crippen LogP contribution in [0.3, 0.4) is 0 Å². The van der Waals surface area contributed by atoms with Crippen molar-refractivity contribution in [2.75, 3.05) is 20.6 Å². The molecule has 0 aliphatic carbocycles. The summed E-state index contributed by atoms with van der Waals surface area (Å²) in [5.74, 6) is -1.06. The standard InChI is InChI=1S/C22H22N2O4/c1-15-17-11-7-8-12-18(17)21(26)24(15)14-13-19(25)28-20(22(27)23(2)3)16-9-5-4-6-10-16/h4-12,20H,1,13-14H2,2-3H3. The van der Waals surface area contributed by atoms with Crippen LogP contribution in [0.25, 0.3) is 5.70 Å². The maximum Gasteiger partial charge on any atom is 0.308 e. The maximum atomic E-state index is 12.5. The summed E-state index contributed by atoms with van der Waals surface area (Å²) in [5.41, 5.74) is 2.51. The van der Waals surface area contributed by atoms with Gasteiger partial charge in [-0.15, -0.1) is 0 Å². The number of esters is 1. The lowest BCUT2D eigenvalue weighted by atomic mass is 10.1. The van der Waals surface area contributed by atoms with Crippen LogP contribution >= 0.6 is 0 Å². The van der Waals surface area contributed by atoms with Gasteiger partial charge in [-0.25, -0.2) is 0 Å². The van der Waals surface area contributed by atoms with Crippen molar-refractivity contribution in [3.05, 3.63) is 77.9 Å². The second kappa shape index (κ2) is 8.08. The molecule has 1 aliphatic heterocycles. The Hall–Kier alpha value is -3.41. The second-order valence-electron chi connectivity index (χ2n) is 6.71. The van der Waals surface area contributed by atoms with Crippen LogP contribution in [0.15, 0.2) is 61.2 Å². The predicted octanol–water partition coefficient (Wildman–Crippen LogP) is 2.88. The van der Waals surface area contributed by atoms with Gasteiger partial charge in [-0.2, -0.15) is 0 Å². The molecule has 0 saturated carbocycles. The monoisotopic (exact) mass is 378 g/mol. The van der Waals surface area contributed by atoms with E-state index < -0.39 is 12.1 Å². The van der Waals surface area contributed by atoms with Gasteiger partial charge in [0.25, 0.3) is 11.8 Å². The number of hydrogen-bond donors (Lipinski definition) is 0. The molecule has 0 aromatic heterocycles. The number of amides is 2. The third-order valence-corrected chi connectivity index (χ3v) is 4.60. The zero-order valence-electron chi connectivity index (χ0n) is 15.9. The van der Waals surface area contributed by atoms with Crippen molar-refractivity contribution in [3.63, 3.8) is 0 Å². The van der Waals surface area contributed by atoms with Gasteiger partial charge in [0, 0.05) is 43.0 Å². The molecule has 6 heteroatoms. The molecule has 3 rings (SSSR count). The van der Waals surface area contributed by atoms with Crippen molar-refractivity contribution in [2.45, 2.75) is 12.5 Å². The van der Waals surface area contributed by atoms with E-state index in [0.29, 0.717) is 16.8 Å². The molecule has 1 unspecified atom stereocenters. The number of likely N-dealkylation sites (N-methyl/N-ethyl adjacent to an activating group) is 1. The fraction of sp³-hybridized carbons (Fsp3) is 0.227. The van der Waals surface area contributed by atoms with Crippen LogP contribution in [0.2, 0.25) is 0 Å². The largest absolute Gasteiger partial charge is 0.447 e. The van der Waals surface area contributed by atoms with Crippen LogP contribution < -0.4 is 0 Å². The lowest BCUT2D eigenvalue weighted by molar-refractivity contribution is -0.159. The van der Waals surface area contributed by atoms with Gasteiger partial charge < -0.3 is 14.5 Å². The Labute approximate surface area is 164 Å². The van der Waals surface area contributed by atoms with Crippen molar-refractivity contribution in [1.29, 1.82) is 0 Å². The topological polar surface area (TPSA) is 66.9 Å². The fourth-order valence-corrected chi connectivity index (χ4v) is 3.09. The molecule has 2 aromatic carbocycles. The van der Waals surface area contributed by atoms with Gasteiger partial charge in [0.1, 0.15) is 0 Å². The average molecular weight is 378 g/mol. The summed E-state index contributed by atoms with van der Waals surface area (Å²) >= 11 is 0. The molecular weight excluding hydrogens is 356 g/mol. The number of carbonyl (C=O) groups excluding carboxylic acids is 3. The summed E-state index contributed by atoms with van der Waals surface area (Å²) in [7, 11) is 3.21. The molecule has 0 N–H and O–H groups in total. The molecule has 2 aromatic rings. The second-order valence-corrected chi connectivity index (χ2v) is 6.71. The van der Waals surface area contributed by atoms with Crippen LogP contribution in [-0.4, -0.2) is 48.2 Å². The minimum atomic E-state index is -1.02. The highest BCUT2D eigenvalue weighted by Gasteiger charge is 2.32. The van der Waals surface area contributed by atoms with Gasteiger partial charge >= 0.3 is 5.97 Å². The highest BCUT2D eigenvalue weighted by Crippen LogP contribution is 2.31. The summed E-state index contributed by atoms with van der Waals surface area (Å²) in [5, 5.41) is 0. The highest BCUT2D eigenvalue weighted by molar-refractivity contribution is 6.08. The summed E-state index contributed by atoms with van der Waals surface area (Å²) in [4.78, 5) is 40.3. The van der Waals surface area contributed by atoms with Gasteiger partial charge in [0.2, 0.25) is 6.10 Å². The molecule has 1 heterocycles. The molecule has 28 heavy (non-hydrogen) atoms. The van der Waals surface area contributed by atoms with Gasteiger partial charge in [-0.05, 0) is 6.07 Å². The Kier molecular flexibility index (Phi) is 5.59. The van der Waals surface area contributed by atoms with Gasteiger partial charge in [-0.1, -0.05) is 55.1 Å². The number of rotatable bonds is 6. The predicted molar refractivity (Wildman–Crippen MR) is 105 cm³/mol. The molecule has 2 amide bonds. The number of benzene rings is 2. The molecule has 1 aliphatic rings. The molecule has 144 valence electrons. The highest BCUT2D eigenvalue weighted by atomic mass is 16.5. The minimum absolute atomic E-state index is 0.0389. The molecular formula is C22H22N2O4. The molecule has 0 bridgehead atoms. The Balaban J connectivity index is 1.67. The zero-order chi connectivity index (χ0) is 20.3. The van der Waals surface area contributed by atoms with E-state index in [4.69, 9.17) is 4.74 Å². The van der Waals surface area contributed by atoms with Crippen LogP contribution in [0.4, 0.5) is 0 Å². The van der Waals surface area contributed by atoms with E-state index in [-0.39, 0.29) is 24.8 Å². The molecule has 0 spiro atoms. The first-order valence-electron chi connectivity index (χ1n) is 8.96. The van der Waals surface area contributed by atoms with E-state index in [9.17, 15) is 14.4 Å². The third-order valence-electron chi connectivity index (χ3n) is 4.60. The van der Waals surface area contributed by atoms with Crippen molar-refractivity contribution in [2.24, 2.45) is 0 Å². The van der Waals surface area contributed by atoms with Crippen molar-refractivity contribution >= 4 is 23.5 Å². The Morgan fingerprint density at radius 2 is 1.64 bits per heavy atom. The molecule has 6 nitrogen and oxygen atoms in total. The van der Waals surface area contributed by atoms with Crippen LogP contribution in [0.5, 0.6) is 0 Å². The third kappa shape index (κ3) is 3.81. The smallest absolute Gasteiger partial charge is 0.308 e. The van der Waals surface area contributed by atoms with Crippen molar-refractivity contribution in [3.8, 4) is 0 Å². The van der Waals surface area contributed by atoms with Crippen LogP contribution in [0.1, 0.15) is 34.0 Å². The molecule has 0 radical (unpaired) electrons. The first-order valence-corrected chi connectivity index (χ1v) is 8.96. The normalized spacial score (nSPS) is 13.9. The number of hydrogen-bond acceptors (Lipinski definition) is 4. The van der Waals surface area contributed by atoms with Crippen LogP contribution in [0, 0.1) is 0 Å². The number of fused-ring (bicyclic) bond motifs is 1. The quantitative estimate of drug-likeness (QED) is 0.725. The summed E-state index contributed by atoms with van der Waals surface area (Å²) in [6.07, 6.45) is -1.05. The van der Waals surface area contributed by atoms with E-state index in [1.807, 2.05) is 18.2 Å². The van der Waals surface area contributed by atoms with Crippen LogP contribution in [-0.2, 0) is 14.3 Å². The first-order chi connectivity index (χ1) is 13.4. The Morgan fingerprint density at radius 3 is 2.25 bits per heavy atom. The summed E-state index contributed by atoms with van der Waals surface area (Å²) in [6, 6.07) is 16.1. The summed E-state index contributed by atoms with van der Waals surface area (Å²) < 4.78 is 5.47. The molecule has 1 atom stereocenters. The maximum absolute atomic E-state index is 12.5. The number of carbonyl (C=O) groups is 3. The lowest BCUT2D eigenvalue weighted by Crippen LogP contribution is -2.32. The Morgan fingerprint density at radius 1 is 1.04 bits per heavy atom. The number of ether oxygens (including phenoxy) is 1. The van der Waals surface area contributed by atoms with Crippen molar-refractivity contribution in [1.82, 2.24) is 9.80 Å². The van der Waals surface area contributed by atoms with E-state index in [2.05, 4.69) is 6.58 Å². The van der Waals surface area contributed by atoms with E-state index in [1.165, 1.54) is 9.80 Å². The van der Waals surface area contributed by atoms with E-state index >= 15 is 0 Å². The van der Waals surface area contributed by atoms with Gasteiger partial charge in [0.15, 0.2) is 0 Å². The SMILES string of the molecule is C=C1c2ccccc2C(=O)N1CCC(=O)OC(C(=O)N(C)C)c1ccccc1. The molecule has 0 fully saturated rings. The average Bonchev–Trinajstić information content (AvgIpc) is 2.95. The lowest BCUT2D eigenvalue weighted by Gasteiger charge is -2.22. The van der Waals surface area contributed by atoms with Gasteiger partial charge in [0.05, 0.1) is 6.42 Å². The van der Waals surface area contributed by atoms with E-state index in [0.717, 1.165) is 5.56 Å². The number of nitrogens with zero attached hydrogens (tertiary/aromatic N) is 2.